The molecule has 0 fully saturated rings. The molecule has 0 saturated carbocycles. The van der Waals surface area contributed by atoms with Gasteiger partial charge >= 0.3 is 5.97 Å². The molecule has 0 radical (unpaired) electrons. The number of carboxylic acids is 1. The topological polar surface area (TPSA) is 37.3 Å². The molecule has 0 heterocycles. The SMILES string of the molecule is CC(C)(CCCCCCI)C(=O)O. The highest BCUT2D eigenvalue weighted by molar-refractivity contribution is 14.1. The Morgan fingerprint density at radius 1 is 1.23 bits per heavy atom. The molecule has 13 heavy (non-hydrogen) atoms. The Morgan fingerprint density at radius 2 is 1.77 bits per heavy atom. The second-order valence-corrected chi connectivity index (χ2v) is 5.12. The van der Waals surface area contributed by atoms with Crippen LogP contribution in [0.5, 0.6) is 0 Å². The molecular formula is C10H19IO2. The van der Waals surface area contributed by atoms with E-state index in [4.69, 9.17) is 5.11 Å². The number of alkyl halides is 1. The van der Waals surface area contributed by atoms with Crippen molar-refractivity contribution in [2.75, 3.05) is 4.43 Å². The zero-order valence-corrected chi connectivity index (χ0v) is 10.6. The van der Waals surface area contributed by atoms with Crippen molar-refractivity contribution < 1.29 is 9.90 Å². The molecule has 0 bridgehead atoms. The summed E-state index contributed by atoms with van der Waals surface area (Å²) in [5.41, 5.74) is -0.537. The third-order valence-corrected chi connectivity index (χ3v) is 3.03. The zero-order valence-electron chi connectivity index (χ0n) is 8.48. The highest BCUT2D eigenvalue weighted by Crippen LogP contribution is 2.23. The molecule has 1 N–H and O–H groups in total. The van der Waals surface area contributed by atoms with Gasteiger partial charge in [0.05, 0.1) is 5.41 Å². The summed E-state index contributed by atoms with van der Waals surface area (Å²) in [4.78, 5) is 10.7. The van der Waals surface area contributed by atoms with Gasteiger partial charge in [0.15, 0.2) is 0 Å². The van der Waals surface area contributed by atoms with E-state index < -0.39 is 11.4 Å². The van der Waals surface area contributed by atoms with Crippen molar-refractivity contribution in [3.63, 3.8) is 0 Å². The van der Waals surface area contributed by atoms with Crippen molar-refractivity contribution in [2.45, 2.75) is 46.0 Å². The van der Waals surface area contributed by atoms with E-state index in [2.05, 4.69) is 22.6 Å². The van der Waals surface area contributed by atoms with Crippen molar-refractivity contribution in [1.29, 1.82) is 0 Å². The van der Waals surface area contributed by atoms with Crippen LogP contribution in [0.1, 0.15) is 46.0 Å². The molecule has 0 unspecified atom stereocenters. The normalized spacial score (nSPS) is 11.6. The number of carboxylic acid groups (broad SMARTS) is 1. The van der Waals surface area contributed by atoms with Gasteiger partial charge in [0.25, 0.3) is 0 Å². The smallest absolute Gasteiger partial charge is 0.309 e. The van der Waals surface area contributed by atoms with E-state index in [1.54, 1.807) is 13.8 Å². The van der Waals surface area contributed by atoms with E-state index in [0.717, 1.165) is 12.8 Å². The van der Waals surface area contributed by atoms with Crippen LogP contribution in [0.4, 0.5) is 0 Å². The van der Waals surface area contributed by atoms with Crippen LogP contribution in [0, 0.1) is 5.41 Å². The molecule has 78 valence electrons. The van der Waals surface area contributed by atoms with Gasteiger partial charge in [-0.1, -0.05) is 41.9 Å². The Hall–Kier alpha value is 0.200. The van der Waals surface area contributed by atoms with Crippen LogP contribution in [0.15, 0.2) is 0 Å². The lowest BCUT2D eigenvalue weighted by atomic mass is 9.87. The van der Waals surface area contributed by atoms with Crippen LogP contribution in [0.25, 0.3) is 0 Å². The van der Waals surface area contributed by atoms with Gasteiger partial charge in [-0.25, -0.2) is 0 Å². The quantitative estimate of drug-likeness (QED) is 0.444. The Kier molecular flexibility index (Phi) is 6.73. The molecule has 2 nitrogen and oxygen atoms in total. The van der Waals surface area contributed by atoms with E-state index in [1.807, 2.05) is 0 Å². The average Bonchev–Trinajstić information content (AvgIpc) is 2.03. The van der Waals surface area contributed by atoms with E-state index in [1.165, 1.54) is 23.7 Å². The summed E-state index contributed by atoms with van der Waals surface area (Å²) >= 11 is 2.37. The van der Waals surface area contributed by atoms with E-state index in [-0.39, 0.29) is 0 Å². The van der Waals surface area contributed by atoms with Gasteiger partial charge in [-0.2, -0.15) is 0 Å². The van der Waals surface area contributed by atoms with Gasteiger partial charge in [-0.15, -0.1) is 0 Å². The molecule has 0 atom stereocenters. The van der Waals surface area contributed by atoms with Crippen molar-refractivity contribution in [2.24, 2.45) is 5.41 Å². The molecule has 0 aliphatic carbocycles. The lowest BCUT2D eigenvalue weighted by Crippen LogP contribution is -2.23. The Bertz CT molecular complexity index is 155. The van der Waals surface area contributed by atoms with Crippen LogP contribution in [-0.2, 0) is 4.79 Å². The van der Waals surface area contributed by atoms with Crippen molar-refractivity contribution in [3.05, 3.63) is 0 Å². The maximum Gasteiger partial charge on any atom is 0.309 e. The Labute approximate surface area is 94.2 Å². The van der Waals surface area contributed by atoms with Crippen LogP contribution in [0.3, 0.4) is 0 Å². The molecule has 3 heteroatoms. The third-order valence-electron chi connectivity index (χ3n) is 2.26. The molecule has 0 aliphatic heterocycles. The first-order valence-electron chi connectivity index (χ1n) is 4.80. The number of hydrogen-bond donors (Lipinski definition) is 1. The van der Waals surface area contributed by atoms with Crippen LogP contribution in [0.2, 0.25) is 0 Å². The first kappa shape index (κ1) is 13.2. The van der Waals surface area contributed by atoms with Crippen LogP contribution >= 0.6 is 22.6 Å². The molecule has 0 aliphatic rings. The van der Waals surface area contributed by atoms with Crippen LogP contribution in [-0.4, -0.2) is 15.5 Å². The molecule has 0 saturated heterocycles. The Balaban J connectivity index is 3.46. The second-order valence-electron chi connectivity index (χ2n) is 4.04. The third kappa shape index (κ3) is 6.29. The monoisotopic (exact) mass is 298 g/mol. The van der Waals surface area contributed by atoms with Crippen molar-refractivity contribution >= 4 is 28.6 Å². The molecule has 0 aromatic carbocycles. The van der Waals surface area contributed by atoms with E-state index in [0.29, 0.717) is 0 Å². The standard InChI is InChI=1S/C10H19IO2/c1-10(2,9(12)13)7-5-3-4-6-8-11/h3-8H2,1-2H3,(H,12,13). The minimum atomic E-state index is -0.679. The highest BCUT2D eigenvalue weighted by atomic mass is 127. The van der Waals surface area contributed by atoms with Crippen LogP contribution < -0.4 is 0 Å². The first-order valence-corrected chi connectivity index (χ1v) is 6.32. The molecular weight excluding hydrogens is 279 g/mol. The summed E-state index contributed by atoms with van der Waals surface area (Å²) < 4.78 is 1.21. The van der Waals surface area contributed by atoms with Crippen molar-refractivity contribution in [1.82, 2.24) is 0 Å². The summed E-state index contributed by atoms with van der Waals surface area (Å²) in [5.74, 6) is -0.679. The maximum absolute atomic E-state index is 10.7. The fourth-order valence-electron chi connectivity index (χ4n) is 1.12. The van der Waals surface area contributed by atoms with E-state index >= 15 is 0 Å². The number of carbonyl (C=O) groups is 1. The highest BCUT2D eigenvalue weighted by Gasteiger charge is 2.25. The minimum Gasteiger partial charge on any atom is -0.481 e. The molecule has 0 rings (SSSR count). The maximum atomic E-state index is 10.7. The molecule has 0 amide bonds. The zero-order chi connectivity index (χ0) is 10.3. The summed E-state index contributed by atoms with van der Waals surface area (Å²) in [6.07, 6.45) is 5.49. The number of aliphatic carboxylic acids is 1. The number of halogens is 1. The van der Waals surface area contributed by atoms with Gasteiger partial charge in [-0.05, 0) is 31.1 Å². The van der Waals surface area contributed by atoms with Gasteiger partial charge in [0.2, 0.25) is 0 Å². The van der Waals surface area contributed by atoms with Crippen molar-refractivity contribution in [3.8, 4) is 0 Å². The lowest BCUT2D eigenvalue weighted by Gasteiger charge is -2.18. The fraction of sp³-hybridized carbons (Fsp3) is 0.900. The Morgan fingerprint density at radius 3 is 2.23 bits per heavy atom. The lowest BCUT2D eigenvalue weighted by molar-refractivity contribution is -0.147. The molecule has 0 aromatic rings. The second kappa shape index (κ2) is 6.62. The number of unbranched alkanes of at least 4 members (excludes halogenated alkanes) is 3. The summed E-state index contributed by atoms with van der Waals surface area (Å²) in [6.45, 7) is 3.60. The minimum absolute atomic E-state index is 0.537. The predicted molar refractivity (Wildman–Crippen MR) is 63.4 cm³/mol. The molecule has 0 spiro atoms. The average molecular weight is 298 g/mol. The summed E-state index contributed by atoms with van der Waals surface area (Å²) in [6, 6.07) is 0. The van der Waals surface area contributed by atoms with Gasteiger partial charge in [0, 0.05) is 0 Å². The summed E-state index contributed by atoms with van der Waals surface area (Å²) in [7, 11) is 0. The van der Waals surface area contributed by atoms with E-state index in [9.17, 15) is 4.79 Å². The van der Waals surface area contributed by atoms with Gasteiger partial charge in [0.1, 0.15) is 0 Å². The van der Waals surface area contributed by atoms with Gasteiger partial charge in [-0.3, -0.25) is 4.79 Å². The summed E-state index contributed by atoms with van der Waals surface area (Å²) in [5, 5.41) is 8.84. The number of rotatable bonds is 7. The molecule has 0 aromatic heterocycles. The first-order chi connectivity index (χ1) is 6.00. The number of hydrogen-bond acceptors (Lipinski definition) is 1. The largest absolute Gasteiger partial charge is 0.481 e. The predicted octanol–water partition coefficient (Wildman–Crippen LogP) is 3.48. The van der Waals surface area contributed by atoms with Gasteiger partial charge < -0.3 is 5.11 Å². The fourth-order valence-corrected chi connectivity index (χ4v) is 1.66.